The molecule has 8 nitrogen and oxygen atoms in total. The number of carbonyl (C=O) groups is 2. The van der Waals surface area contributed by atoms with Gasteiger partial charge in [0.15, 0.2) is 6.61 Å². The number of hydrogen-bond donors (Lipinski definition) is 3. The summed E-state index contributed by atoms with van der Waals surface area (Å²) in [6.45, 7) is 3.78. The van der Waals surface area contributed by atoms with Gasteiger partial charge in [-0.1, -0.05) is 30.1 Å². The summed E-state index contributed by atoms with van der Waals surface area (Å²) in [5.74, 6) is 1.03. The Morgan fingerprint density at radius 1 is 1.19 bits per heavy atom. The molecule has 1 heterocycles. The van der Waals surface area contributed by atoms with Gasteiger partial charge in [0.05, 0.1) is 10.0 Å². The van der Waals surface area contributed by atoms with E-state index in [4.69, 9.17) is 27.9 Å². The molecule has 3 aliphatic rings. The number of H-pyrrole nitrogens is 1. The Hall–Kier alpha value is -2.32. The number of fused-ring (bicyclic) bond motifs is 3. The highest BCUT2D eigenvalue weighted by Crippen LogP contribution is 2.50. The van der Waals surface area contributed by atoms with Crippen LogP contribution in [-0.4, -0.2) is 44.7 Å². The summed E-state index contributed by atoms with van der Waals surface area (Å²) in [4.78, 5) is 29.3. The second-order valence-corrected chi connectivity index (χ2v) is 9.47. The summed E-state index contributed by atoms with van der Waals surface area (Å²) in [5, 5.41) is 13.8. The number of aryl methyl sites for hydroxylation is 1. The lowest BCUT2D eigenvalue weighted by molar-refractivity contribution is -0.128. The number of aromatic amines is 1. The Kier molecular flexibility index (Phi) is 5.87. The van der Waals surface area contributed by atoms with Gasteiger partial charge in [0, 0.05) is 17.1 Å². The molecule has 0 saturated heterocycles. The van der Waals surface area contributed by atoms with Crippen molar-refractivity contribution in [1.82, 2.24) is 25.8 Å². The largest absolute Gasteiger partial charge is 0.484 e. The lowest BCUT2D eigenvalue weighted by Gasteiger charge is -2.57. The van der Waals surface area contributed by atoms with E-state index in [0.29, 0.717) is 21.6 Å². The second-order valence-electron chi connectivity index (χ2n) is 8.65. The van der Waals surface area contributed by atoms with Crippen molar-refractivity contribution in [3.63, 3.8) is 0 Å². The van der Waals surface area contributed by atoms with Gasteiger partial charge >= 0.3 is 0 Å². The van der Waals surface area contributed by atoms with Crippen LogP contribution in [0.4, 0.5) is 0 Å². The minimum absolute atomic E-state index is 0.0987. The molecule has 2 bridgehead atoms. The smallest absolute Gasteiger partial charge is 0.291 e. The monoisotopic (exact) mass is 465 g/mol. The molecule has 1 aromatic carbocycles. The van der Waals surface area contributed by atoms with E-state index in [1.165, 1.54) is 0 Å². The quantitative estimate of drug-likeness (QED) is 0.605. The fourth-order valence-electron chi connectivity index (χ4n) is 4.85. The summed E-state index contributed by atoms with van der Waals surface area (Å²) in [7, 11) is 0. The van der Waals surface area contributed by atoms with E-state index in [2.05, 4.69) is 32.7 Å². The standard InChI is InChI=1S/C21H25Cl2N5O3/c1-12-10-20(26-19(30)18-24-13(2)27-28-18)5-7-21(12,8-6-20)25-17(29)11-31-14-3-4-15(22)16(23)9-14/h3-4,9,12H,5-8,10-11H2,1-2H3,(H,25,29)(H,26,30)(H,24,27,28)/t12-,20?,21?/m0/s1. The van der Waals surface area contributed by atoms with E-state index >= 15 is 0 Å². The van der Waals surface area contributed by atoms with Crippen LogP contribution in [0.25, 0.3) is 0 Å². The molecule has 10 heteroatoms. The van der Waals surface area contributed by atoms with Crippen molar-refractivity contribution in [1.29, 1.82) is 0 Å². The van der Waals surface area contributed by atoms with Gasteiger partial charge in [0.2, 0.25) is 5.82 Å². The van der Waals surface area contributed by atoms with Crippen molar-refractivity contribution in [2.45, 2.75) is 57.0 Å². The molecule has 31 heavy (non-hydrogen) atoms. The van der Waals surface area contributed by atoms with E-state index in [1.54, 1.807) is 25.1 Å². The molecular formula is C21H25Cl2N5O3. The Bertz CT molecular complexity index is 1000. The number of rotatable bonds is 6. The van der Waals surface area contributed by atoms with Gasteiger partial charge in [0.1, 0.15) is 11.6 Å². The number of hydrogen-bond acceptors (Lipinski definition) is 5. The predicted octanol–water partition coefficient (Wildman–Crippen LogP) is 3.44. The number of amides is 2. The van der Waals surface area contributed by atoms with E-state index < -0.39 is 0 Å². The number of aromatic nitrogens is 3. The lowest BCUT2D eigenvalue weighted by Crippen LogP contribution is -2.67. The van der Waals surface area contributed by atoms with Gasteiger partial charge in [-0.2, -0.15) is 0 Å². The summed E-state index contributed by atoms with van der Waals surface area (Å²) in [5.41, 5.74) is -0.570. The topological polar surface area (TPSA) is 109 Å². The molecule has 0 aliphatic heterocycles. The first-order chi connectivity index (χ1) is 14.7. The number of benzene rings is 1. The van der Waals surface area contributed by atoms with Crippen LogP contribution >= 0.6 is 23.2 Å². The average Bonchev–Trinajstić information content (AvgIpc) is 3.17. The lowest BCUT2D eigenvalue weighted by atomic mass is 9.56. The van der Waals surface area contributed by atoms with Crippen molar-refractivity contribution < 1.29 is 14.3 Å². The highest BCUT2D eigenvalue weighted by atomic mass is 35.5. The van der Waals surface area contributed by atoms with Crippen LogP contribution in [0.15, 0.2) is 18.2 Å². The molecule has 1 atom stereocenters. The first-order valence-corrected chi connectivity index (χ1v) is 11.1. The maximum absolute atomic E-state index is 12.6. The van der Waals surface area contributed by atoms with Crippen LogP contribution in [-0.2, 0) is 4.79 Å². The number of nitrogens with zero attached hydrogens (tertiary/aromatic N) is 2. The van der Waals surface area contributed by atoms with E-state index in [0.717, 1.165) is 32.1 Å². The fraction of sp³-hybridized carbons (Fsp3) is 0.524. The summed E-state index contributed by atoms with van der Waals surface area (Å²) in [6, 6.07) is 4.90. The van der Waals surface area contributed by atoms with Gasteiger partial charge < -0.3 is 15.4 Å². The van der Waals surface area contributed by atoms with Crippen LogP contribution in [0.1, 0.15) is 55.5 Å². The van der Waals surface area contributed by atoms with Gasteiger partial charge in [-0.15, -0.1) is 5.10 Å². The maximum atomic E-state index is 12.6. The van der Waals surface area contributed by atoms with Crippen LogP contribution in [0, 0.1) is 12.8 Å². The maximum Gasteiger partial charge on any atom is 0.291 e. The van der Waals surface area contributed by atoms with Crippen molar-refractivity contribution in [2.75, 3.05) is 6.61 Å². The predicted molar refractivity (Wildman–Crippen MR) is 116 cm³/mol. The molecule has 3 saturated carbocycles. The van der Waals surface area contributed by atoms with Gasteiger partial charge in [-0.25, -0.2) is 4.98 Å². The molecule has 5 rings (SSSR count). The third kappa shape index (κ3) is 4.50. The van der Waals surface area contributed by atoms with E-state index in [9.17, 15) is 9.59 Å². The Labute approximate surface area is 190 Å². The Balaban J connectivity index is 1.34. The average molecular weight is 466 g/mol. The molecule has 166 valence electrons. The van der Waals surface area contributed by atoms with Crippen LogP contribution in [0.3, 0.4) is 0 Å². The molecule has 0 radical (unpaired) electrons. The first kappa shape index (κ1) is 21.9. The zero-order chi connectivity index (χ0) is 22.2. The molecule has 0 unspecified atom stereocenters. The number of ether oxygens (including phenoxy) is 1. The molecule has 2 amide bonds. The Morgan fingerprint density at radius 3 is 2.55 bits per heavy atom. The van der Waals surface area contributed by atoms with Crippen LogP contribution in [0.2, 0.25) is 10.0 Å². The second kappa shape index (κ2) is 8.31. The number of halogens is 2. The molecule has 1 aromatic heterocycles. The Morgan fingerprint density at radius 2 is 1.94 bits per heavy atom. The molecule has 3 N–H and O–H groups in total. The van der Waals surface area contributed by atoms with Crippen molar-refractivity contribution >= 4 is 35.0 Å². The van der Waals surface area contributed by atoms with Crippen molar-refractivity contribution in [3.05, 3.63) is 39.9 Å². The zero-order valence-electron chi connectivity index (χ0n) is 17.4. The van der Waals surface area contributed by atoms with Gasteiger partial charge in [-0.3, -0.25) is 14.7 Å². The van der Waals surface area contributed by atoms with Crippen molar-refractivity contribution in [3.8, 4) is 5.75 Å². The molecule has 3 fully saturated rings. The fourth-order valence-corrected chi connectivity index (χ4v) is 5.14. The van der Waals surface area contributed by atoms with Crippen LogP contribution in [0.5, 0.6) is 5.75 Å². The zero-order valence-corrected chi connectivity index (χ0v) is 18.9. The summed E-state index contributed by atoms with van der Waals surface area (Å²) < 4.78 is 5.58. The van der Waals surface area contributed by atoms with Gasteiger partial charge in [-0.05, 0) is 57.1 Å². The number of nitrogens with one attached hydrogen (secondary N) is 3. The third-order valence-electron chi connectivity index (χ3n) is 6.57. The minimum Gasteiger partial charge on any atom is -0.484 e. The highest BCUT2D eigenvalue weighted by Gasteiger charge is 2.54. The first-order valence-electron chi connectivity index (χ1n) is 10.3. The summed E-state index contributed by atoms with van der Waals surface area (Å²) in [6.07, 6.45) is 3.96. The third-order valence-corrected chi connectivity index (χ3v) is 7.31. The molecule has 2 aromatic rings. The normalized spacial score (nSPS) is 27.0. The molecular weight excluding hydrogens is 441 g/mol. The van der Waals surface area contributed by atoms with E-state index in [-0.39, 0.29) is 41.2 Å². The summed E-state index contributed by atoms with van der Waals surface area (Å²) >= 11 is 11.9. The number of carbonyl (C=O) groups excluding carboxylic acids is 2. The van der Waals surface area contributed by atoms with Crippen LogP contribution < -0.4 is 15.4 Å². The SMILES string of the molecule is Cc1nc(C(=O)NC23CCC(NC(=O)COc4ccc(Cl)c(Cl)c4)(CC2)[C@@H](C)C3)n[nH]1. The minimum atomic E-state index is -0.286. The molecule has 0 spiro atoms. The van der Waals surface area contributed by atoms with Gasteiger partial charge in [0.25, 0.3) is 11.8 Å². The van der Waals surface area contributed by atoms with E-state index in [1.807, 2.05) is 0 Å². The van der Waals surface area contributed by atoms with Crippen molar-refractivity contribution in [2.24, 2.45) is 5.92 Å². The highest BCUT2D eigenvalue weighted by molar-refractivity contribution is 6.42. The molecule has 3 aliphatic carbocycles.